The Morgan fingerprint density at radius 2 is 2.00 bits per heavy atom. The van der Waals surface area contributed by atoms with Gasteiger partial charge in [0.1, 0.15) is 0 Å². The Hall–Kier alpha value is -0.740. The average molecular weight is 332 g/mol. The molecule has 1 aromatic rings. The average Bonchev–Trinajstić information content (AvgIpc) is 2.35. The summed E-state index contributed by atoms with van der Waals surface area (Å²) in [5, 5.41) is 6.39. The van der Waals surface area contributed by atoms with Gasteiger partial charge in [0.15, 0.2) is 0 Å². The zero-order chi connectivity index (χ0) is 13.0. The molecule has 1 aromatic carbocycles. The molecular weight excluding hydrogens is 316 g/mol. The van der Waals surface area contributed by atoms with E-state index in [4.69, 9.17) is 11.6 Å². The second-order valence-electron chi connectivity index (χ2n) is 4.56. The maximum atomic E-state index is 11.8. The predicted molar refractivity (Wildman–Crippen MR) is 78.2 cm³/mol. The molecule has 0 bridgehead atoms. The van der Waals surface area contributed by atoms with Gasteiger partial charge in [-0.2, -0.15) is 0 Å². The highest BCUT2D eigenvalue weighted by molar-refractivity contribution is 9.10. The topological polar surface area (TPSA) is 41.1 Å². The largest absolute Gasteiger partial charge is 0.335 e. The van der Waals surface area contributed by atoms with Gasteiger partial charge in [-0.05, 0) is 47.0 Å². The van der Waals surface area contributed by atoms with E-state index in [1.54, 1.807) is 6.07 Å². The molecule has 1 saturated carbocycles. The molecular formula is C13H16BrClN2O. The van der Waals surface area contributed by atoms with Crippen LogP contribution in [0.15, 0.2) is 22.7 Å². The zero-order valence-corrected chi connectivity index (χ0v) is 12.4. The maximum Gasteiger partial charge on any atom is 0.319 e. The molecule has 1 fully saturated rings. The highest BCUT2D eigenvalue weighted by Gasteiger charge is 2.15. The van der Waals surface area contributed by atoms with Gasteiger partial charge in [-0.3, -0.25) is 0 Å². The number of hydrogen-bond acceptors (Lipinski definition) is 1. The first-order valence-electron chi connectivity index (χ1n) is 6.18. The van der Waals surface area contributed by atoms with Gasteiger partial charge in [0.2, 0.25) is 0 Å². The number of nitrogens with one attached hydrogen (secondary N) is 2. The van der Waals surface area contributed by atoms with E-state index in [2.05, 4.69) is 26.6 Å². The van der Waals surface area contributed by atoms with Crippen molar-refractivity contribution in [1.82, 2.24) is 5.32 Å². The monoisotopic (exact) mass is 330 g/mol. The van der Waals surface area contributed by atoms with E-state index >= 15 is 0 Å². The lowest BCUT2D eigenvalue weighted by atomic mass is 9.96. The van der Waals surface area contributed by atoms with E-state index in [0.717, 1.165) is 17.3 Å². The second kappa shape index (κ2) is 6.43. The Kier molecular flexibility index (Phi) is 4.89. The Bertz CT molecular complexity index is 433. The molecule has 2 rings (SSSR count). The van der Waals surface area contributed by atoms with Crippen molar-refractivity contribution >= 4 is 39.2 Å². The van der Waals surface area contributed by atoms with E-state index in [1.165, 1.54) is 19.3 Å². The van der Waals surface area contributed by atoms with Crippen molar-refractivity contribution in [2.75, 3.05) is 5.32 Å². The van der Waals surface area contributed by atoms with E-state index in [9.17, 15) is 4.79 Å². The first-order valence-corrected chi connectivity index (χ1v) is 7.35. The van der Waals surface area contributed by atoms with Gasteiger partial charge in [0.05, 0.1) is 5.02 Å². The Morgan fingerprint density at radius 3 is 2.67 bits per heavy atom. The third kappa shape index (κ3) is 3.89. The lowest BCUT2D eigenvalue weighted by molar-refractivity contribution is 0.244. The highest BCUT2D eigenvalue weighted by atomic mass is 79.9. The molecule has 98 valence electrons. The van der Waals surface area contributed by atoms with Crippen LogP contribution >= 0.6 is 27.5 Å². The van der Waals surface area contributed by atoms with Crippen molar-refractivity contribution in [2.24, 2.45) is 0 Å². The fourth-order valence-electron chi connectivity index (χ4n) is 2.17. The van der Waals surface area contributed by atoms with Crippen LogP contribution in [0.4, 0.5) is 10.5 Å². The lowest BCUT2D eigenvalue weighted by Crippen LogP contribution is -2.38. The number of carbonyl (C=O) groups is 1. The van der Waals surface area contributed by atoms with Crippen molar-refractivity contribution in [2.45, 2.75) is 38.1 Å². The van der Waals surface area contributed by atoms with E-state index in [1.807, 2.05) is 12.1 Å². The summed E-state index contributed by atoms with van der Waals surface area (Å²) in [7, 11) is 0. The van der Waals surface area contributed by atoms with Gasteiger partial charge >= 0.3 is 6.03 Å². The van der Waals surface area contributed by atoms with Crippen LogP contribution in [-0.2, 0) is 0 Å². The van der Waals surface area contributed by atoms with Crippen molar-refractivity contribution in [3.63, 3.8) is 0 Å². The number of amides is 2. The SMILES string of the molecule is O=C(Nc1ccc(Br)c(Cl)c1)NC1CCCCC1. The van der Waals surface area contributed by atoms with Crippen LogP contribution in [0.2, 0.25) is 5.02 Å². The Morgan fingerprint density at radius 1 is 1.28 bits per heavy atom. The molecule has 1 aliphatic carbocycles. The molecule has 0 aliphatic heterocycles. The van der Waals surface area contributed by atoms with Crippen molar-refractivity contribution in [1.29, 1.82) is 0 Å². The molecule has 0 radical (unpaired) electrons. The van der Waals surface area contributed by atoms with E-state index in [0.29, 0.717) is 16.8 Å². The van der Waals surface area contributed by atoms with Crippen molar-refractivity contribution in [3.05, 3.63) is 27.7 Å². The number of halogens is 2. The number of carbonyl (C=O) groups excluding carboxylic acids is 1. The first kappa shape index (κ1) is 13.7. The molecule has 0 unspecified atom stereocenters. The second-order valence-corrected chi connectivity index (χ2v) is 5.82. The molecule has 0 atom stereocenters. The minimum atomic E-state index is -0.153. The van der Waals surface area contributed by atoms with Crippen molar-refractivity contribution < 1.29 is 4.79 Å². The Labute approximate surface area is 120 Å². The summed E-state index contributed by atoms with van der Waals surface area (Å²) in [4.78, 5) is 11.8. The van der Waals surface area contributed by atoms with E-state index in [-0.39, 0.29) is 6.03 Å². The summed E-state index contributed by atoms with van der Waals surface area (Å²) in [6.45, 7) is 0. The van der Waals surface area contributed by atoms with Gasteiger partial charge in [0.25, 0.3) is 0 Å². The minimum absolute atomic E-state index is 0.153. The molecule has 0 aromatic heterocycles. The molecule has 0 heterocycles. The zero-order valence-electron chi connectivity index (χ0n) is 10.0. The number of urea groups is 1. The van der Waals surface area contributed by atoms with Gasteiger partial charge in [0, 0.05) is 16.2 Å². The van der Waals surface area contributed by atoms with Gasteiger partial charge in [-0.25, -0.2) is 4.79 Å². The summed E-state index contributed by atoms with van der Waals surface area (Å²) in [6, 6.07) is 5.52. The lowest BCUT2D eigenvalue weighted by Gasteiger charge is -2.22. The quantitative estimate of drug-likeness (QED) is 0.819. The molecule has 2 N–H and O–H groups in total. The number of anilines is 1. The van der Waals surface area contributed by atoms with Gasteiger partial charge in [-0.15, -0.1) is 0 Å². The predicted octanol–water partition coefficient (Wildman–Crippen LogP) is 4.56. The van der Waals surface area contributed by atoms with Gasteiger partial charge in [-0.1, -0.05) is 30.9 Å². The summed E-state index contributed by atoms with van der Waals surface area (Å²) < 4.78 is 0.822. The number of hydrogen-bond donors (Lipinski definition) is 2. The van der Waals surface area contributed by atoms with Crippen LogP contribution in [0.5, 0.6) is 0 Å². The Balaban J connectivity index is 1.88. The molecule has 0 spiro atoms. The molecule has 1 aliphatic rings. The molecule has 2 amide bonds. The summed E-state index contributed by atoms with van der Waals surface area (Å²) in [5.74, 6) is 0. The molecule has 3 nitrogen and oxygen atoms in total. The first-order chi connectivity index (χ1) is 8.65. The van der Waals surface area contributed by atoms with Crippen LogP contribution in [0, 0.1) is 0 Å². The third-order valence-electron chi connectivity index (χ3n) is 3.12. The van der Waals surface area contributed by atoms with Crippen LogP contribution < -0.4 is 10.6 Å². The highest BCUT2D eigenvalue weighted by Crippen LogP contribution is 2.25. The standard InChI is InChI=1S/C13H16BrClN2O/c14-11-7-6-10(8-12(11)15)17-13(18)16-9-4-2-1-3-5-9/h6-9H,1-5H2,(H2,16,17,18). The van der Waals surface area contributed by atoms with Crippen LogP contribution in [0.3, 0.4) is 0 Å². The van der Waals surface area contributed by atoms with Crippen LogP contribution in [0.25, 0.3) is 0 Å². The number of benzene rings is 1. The molecule has 5 heteroatoms. The minimum Gasteiger partial charge on any atom is -0.335 e. The molecule has 18 heavy (non-hydrogen) atoms. The summed E-state index contributed by atoms with van der Waals surface area (Å²) in [6.07, 6.45) is 5.84. The van der Waals surface area contributed by atoms with Gasteiger partial charge < -0.3 is 10.6 Å². The van der Waals surface area contributed by atoms with Crippen LogP contribution in [-0.4, -0.2) is 12.1 Å². The third-order valence-corrected chi connectivity index (χ3v) is 4.35. The van der Waals surface area contributed by atoms with E-state index < -0.39 is 0 Å². The molecule has 0 saturated heterocycles. The van der Waals surface area contributed by atoms with Crippen molar-refractivity contribution in [3.8, 4) is 0 Å². The smallest absolute Gasteiger partial charge is 0.319 e. The summed E-state index contributed by atoms with van der Waals surface area (Å²) in [5.41, 5.74) is 0.705. The fraction of sp³-hybridized carbons (Fsp3) is 0.462. The normalized spacial score (nSPS) is 16.3. The number of rotatable bonds is 2. The fourth-order valence-corrected chi connectivity index (χ4v) is 2.60. The van der Waals surface area contributed by atoms with Crippen LogP contribution in [0.1, 0.15) is 32.1 Å². The summed E-state index contributed by atoms with van der Waals surface area (Å²) >= 11 is 9.29. The maximum absolute atomic E-state index is 11.8.